The van der Waals surface area contributed by atoms with Crippen molar-refractivity contribution in [3.05, 3.63) is 12.3 Å². The number of hydrogen-bond donors (Lipinski definition) is 2. The SMILES string of the molecule is CCOC(=O)N1CCC(Nc2ccnc(NC3CCCC3)n2)CC1. The second-order valence-electron chi connectivity index (χ2n) is 6.50. The van der Waals surface area contributed by atoms with Gasteiger partial charge in [0.25, 0.3) is 0 Å². The van der Waals surface area contributed by atoms with Crippen LogP contribution in [0.25, 0.3) is 0 Å². The van der Waals surface area contributed by atoms with Crippen LogP contribution < -0.4 is 10.6 Å². The summed E-state index contributed by atoms with van der Waals surface area (Å²) in [5.74, 6) is 1.55. The molecule has 7 heteroatoms. The predicted molar refractivity (Wildman–Crippen MR) is 93.2 cm³/mol. The summed E-state index contributed by atoms with van der Waals surface area (Å²) < 4.78 is 5.05. The van der Waals surface area contributed by atoms with Gasteiger partial charge in [0.15, 0.2) is 0 Å². The summed E-state index contributed by atoms with van der Waals surface area (Å²) in [7, 11) is 0. The minimum Gasteiger partial charge on any atom is -0.450 e. The number of amides is 1. The van der Waals surface area contributed by atoms with E-state index >= 15 is 0 Å². The van der Waals surface area contributed by atoms with Crippen molar-refractivity contribution in [2.24, 2.45) is 0 Å². The number of aromatic nitrogens is 2. The molecule has 24 heavy (non-hydrogen) atoms. The van der Waals surface area contributed by atoms with Gasteiger partial charge in [0.2, 0.25) is 5.95 Å². The predicted octanol–water partition coefficient (Wildman–Crippen LogP) is 2.86. The zero-order valence-corrected chi connectivity index (χ0v) is 14.3. The summed E-state index contributed by atoms with van der Waals surface area (Å²) in [6, 6.07) is 2.73. The fourth-order valence-corrected chi connectivity index (χ4v) is 3.39. The Bertz CT molecular complexity index is 540. The second kappa shape index (κ2) is 8.17. The van der Waals surface area contributed by atoms with Crippen LogP contribution in [0.4, 0.5) is 16.6 Å². The first-order chi connectivity index (χ1) is 11.7. The van der Waals surface area contributed by atoms with Gasteiger partial charge in [-0.25, -0.2) is 9.78 Å². The van der Waals surface area contributed by atoms with Crippen molar-refractivity contribution in [3.8, 4) is 0 Å². The van der Waals surface area contributed by atoms with E-state index in [1.807, 2.05) is 13.0 Å². The summed E-state index contributed by atoms with van der Waals surface area (Å²) in [6.45, 7) is 3.69. The van der Waals surface area contributed by atoms with Crippen molar-refractivity contribution >= 4 is 17.9 Å². The molecule has 1 aliphatic carbocycles. The van der Waals surface area contributed by atoms with Crippen LogP contribution in [0.3, 0.4) is 0 Å². The smallest absolute Gasteiger partial charge is 0.409 e. The third-order valence-corrected chi connectivity index (χ3v) is 4.72. The van der Waals surface area contributed by atoms with Crippen molar-refractivity contribution in [2.75, 3.05) is 30.3 Å². The second-order valence-corrected chi connectivity index (χ2v) is 6.50. The molecule has 0 spiro atoms. The van der Waals surface area contributed by atoms with E-state index in [2.05, 4.69) is 20.6 Å². The average Bonchev–Trinajstić information content (AvgIpc) is 3.09. The van der Waals surface area contributed by atoms with Gasteiger partial charge < -0.3 is 20.3 Å². The van der Waals surface area contributed by atoms with Gasteiger partial charge in [0.05, 0.1) is 6.61 Å². The van der Waals surface area contributed by atoms with Crippen LogP contribution in [0.2, 0.25) is 0 Å². The Labute approximate surface area is 143 Å². The van der Waals surface area contributed by atoms with Crippen LogP contribution in [0.15, 0.2) is 12.3 Å². The van der Waals surface area contributed by atoms with E-state index in [0.29, 0.717) is 24.6 Å². The first kappa shape index (κ1) is 16.8. The highest BCUT2D eigenvalue weighted by molar-refractivity contribution is 5.67. The molecule has 2 fully saturated rings. The fraction of sp³-hybridized carbons (Fsp3) is 0.706. The molecule has 132 valence electrons. The Kier molecular flexibility index (Phi) is 5.72. The lowest BCUT2D eigenvalue weighted by Gasteiger charge is -2.31. The average molecular weight is 333 g/mol. The number of hydrogen-bond acceptors (Lipinski definition) is 6. The highest BCUT2D eigenvalue weighted by Crippen LogP contribution is 2.21. The Hall–Kier alpha value is -2.05. The number of carbonyl (C=O) groups is 1. The van der Waals surface area contributed by atoms with Gasteiger partial charge in [-0.3, -0.25) is 0 Å². The normalized spacial score (nSPS) is 19.3. The minimum atomic E-state index is -0.207. The molecule has 0 atom stereocenters. The van der Waals surface area contributed by atoms with E-state index < -0.39 is 0 Å². The zero-order chi connectivity index (χ0) is 16.8. The Morgan fingerprint density at radius 3 is 2.62 bits per heavy atom. The number of rotatable bonds is 5. The van der Waals surface area contributed by atoms with Gasteiger partial charge in [-0.05, 0) is 38.7 Å². The molecule has 0 bridgehead atoms. The summed E-state index contributed by atoms with van der Waals surface area (Å²) in [5, 5.41) is 6.89. The number of piperidine rings is 1. The molecule has 1 aliphatic heterocycles. The zero-order valence-electron chi connectivity index (χ0n) is 14.3. The van der Waals surface area contributed by atoms with Crippen LogP contribution in [-0.2, 0) is 4.74 Å². The fourth-order valence-electron chi connectivity index (χ4n) is 3.39. The highest BCUT2D eigenvalue weighted by Gasteiger charge is 2.23. The molecule has 0 unspecified atom stereocenters. The number of anilines is 2. The van der Waals surface area contributed by atoms with Crippen molar-refractivity contribution in [1.29, 1.82) is 0 Å². The van der Waals surface area contributed by atoms with Crippen LogP contribution in [-0.4, -0.2) is 52.7 Å². The van der Waals surface area contributed by atoms with Crippen LogP contribution in [0.1, 0.15) is 45.4 Å². The van der Waals surface area contributed by atoms with Gasteiger partial charge in [-0.2, -0.15) is 4.98 Å². The Morgan fingerprint density at radius 2 is 1.92 bits per heavy atom. The van der Waals surface area contributed by atoms with E-state index in [4.69, 9.17) is 4.74 Å². The number of ether oxygens (including phenoxy) is 1. The van der Waals surface area contributed by atoms with Crippen molar-refractivity contribution in [2.45, 2.75) is 57.5 Å². The van der Waals surface area contributed by atoms with Crippen molar-refractivity contribution < 1.29 is 9.53 Å². The molecule has 1 aromatic rings. The van der Waals surface area contributed by atoms with E-state index in [1.165, 1.54) is 25.7 Å². The molecule has 0 radical (unpaired) electrons. The maximum atomic E-state index is 11.7. The summed E-state index contributed by atoms with van der Waals surface area (Å²) in [4.78, 5) is 22.4. The topological polar surface area (TPSA) is 79.4 Å². The minimum absolute atomic E-state index is 0.207. The summed E-state index contributed by atoms with van der Waals surface area (Å²) in [6.07, 6.45) is 8.35. The quantitative estimate of drug-likeness (QED) is 0.862. The lowest BCUT2D eigenvalue weighted by molar-refractivity contribution is 0.0983. The molecule has 1 saturated heterocycles. The third kappa shape index (κ3) is 4.49. The van der Waals surface area contributed by atoms with Gasteiger partial charge in [-0.15, -0.1) is 0 Å². The number of nitrogens with one attached hydrogen (secondary N) is 2. The molecule has 0 aromatic carbocycles. The first-order valence-corrected chi connectivity index (χ1v) is 9.02. The number of carbonyl (C=O) groups excluding carboxylic acids is 1. The van der Waals surface area contributed by atoms with Gasteiger partial charge in [0, 0.05) is 31.4 Å². The monoisotopic (exact) mass is 333 g/mol. The largest absolute Gasteiger partial charge is 0.450 e. The van der Waals surface area contributed by atoms with Crippen LogP contribution in [0.5, 0.6) is 0 Å². The van der Waals surface area contributed by atoms with Crippen molar-refractivity contribution in [3.63, 3.8) is 0 Å². The molecule has 1 aromatic heterocycles. The van der Waals surface area contributed by atoms with Crippen LogP contribution >= 0.6 is 0 Å². The maximum Gasteiger partial charge on any atom is 0.409 e. The summed E-state index contributed by atoms with van der Waals surface area (Å²) >= 11 is 0. The van der Waals surface area contributed by atoms with Crippen molar-refractivity contribution in [1.82, 2.24) is 14.9 Å². The number of nitrogens with zero attached hydrogens (tertiary/aromatic N) is 3. The molecule has 2 N–H and O–H groups in total. The first-order valence-electron chi connectivity index (χ1n) is 9.02. The maximum absolute atomic E-state index is 11.7. The van der Waals surface area contributed by atoms with E-state index in [9.17, 15) is 4.79 Å². The summed E-state index contributed by atoms with van der Waals surface area (Å²) in [5.41, 5.74) is 0. The van der Waals surface area contributed by atoms with Crippen LogP contribution in [0, 0.1) is 0 Å². The third-order valence-electron chi connectivity index (χ3n) is 4.72. The Morgan fingerprint density at radius 1 is 1.21 bits per heavy atom. The van der Waals surface area contributed by atoms with E-state index in [1.54, 1.807) is 11.1 Å². The molecular weight excluding hydrogens is 306 g/mol. The lowest BCUT2D eigenvalue weighted by Crippen LogP contribution is -2.42. The molecule has 1 saturated carbocycles. The van der Waals surface area contributed by atoms with Gasteiger partial charge in [0.1, 0.15) is 5.82 Å². The van der Waals surface area contributed by atoms with Gasteiger partial charge >= 0.3 is 6.09 Å². The van der Waals surface area contributed by atoms with E-state index in [-0.39, 0.29) is 6.09 Å². The molecule has 2 aliphatic rings. The number of likely N-dealkylation sites (tertiary alicyclic amines) is 1. The highest BCUT2D eigenvalue weighted by atomic mass is 16.6. The lowest BCUT2D eigenvalue weighted by atomic mass is 10.1. The van der Waals surface area contributed by atoms with E-state index in [0.717, 1.165) is 31.7 Å². The molecular formula is C17H27N5O2. The van der Waals surface area contributed by atoms with Gasteiger partial charge in [-0.1, -0.05) is 12.8 Å². The Balaban J connectivity index is 1.49. The molecule has 7 nitrogen and oxygen atoms in total. The standard InChI is InChI=1S/C17H27N5O2/c1-2-24-17(23)22-11-8-14(9-12-22)19-15-7-10-18-16(21-15)20-13-5-3-4-6-13/h7,10,13-14H,2-6,8-9,11-12H2,1H3,(H2,18,19,20,21). The molecule has 3 rings (SSSR count). The molecule has 2 heterocycles. The molecule has 1 amide bonds.